The Morgan fingerprint density at radius 1 is 1.33 bits per heavy atom. The molecule has 2 aromatic rings. The standard InChI is InChI=1S/C18H22N4OS/c1-21-8-10-22(11-9-21)18-16(3-2-7-19-18)13-20-17(23)5-4-15-6-12-24-14-15/h2-7,12,14H,8-11,13H2,1H3,(H,20,23). The van der Waals surface area contributed by atoms with Crippen molar-refractivity contribution in [2.45, 2.75) is 6.54 Å². The molecule has 126 valence electrons. The van der Waals surface area contributed by atoms with E-state index in [0.29, 0.717) is 6.54 Å². The molecule has 0 unspecified atom stereocenters. The number of rotatable bonds is 5. The first kappa shape index (κ1) is 16.7. The zero-order valence-electron chi connectivity index (χ0n) is 13.8. The molecule has 5 nitrogen and oxygen atoms in total. The molecule has 6 heteroatoms. The number of anilines is 1. The highest BCUT2D eigenvalue weighted by atomic mass is 32.1. The van der Waals surface area contributed by atoms with Crippen LogP contribution in [0, 0.1) is 0 Å². The fourth-order valence-corrected chi connectivity index (χ4v) is 3.28. The fourth-order valence-electron chi connectivity index (χ4n) is 2.65. The van der Waals surface area contributed by atoms with Crippen molar-refractivity contribution < 1.29 is 4.79 Å². The van der Waals surface area contributed by atoms with E-state index in [0.717, 1.165) is 43.1 Å². The Bertz CT molecular complexity index is 691. The predicted octanol–water partition coefficient (Wildman–Crippen LogP) is 2.22. The number of piperazine rings is 1. The molecule has 1 aliphatic rings. The molecule has 1 amide bonds. The van der Waals surface area contributed by atoms with Gasteiger partial charge in [-0.3, -0.25) is 4.79 Å². The van der Waals surface area contributed by atoms with Crippen LogP contribution in [0.5, 0.6) is 0 Å². The van der Waals surface area contributed by atoms with Crippen LogP contribution in [-0.2, 0) is 11.3 Å². The van der Waals surface area contributed by atoms with Gasteiger partial charge in [0.05, 0.1) is 0 Å². The van der Waals surface area contributed by atoms with Gasteiger partial charge in [-0.1, -0.05) is 6.07 Å². The molecule has 1 N–H and O–H groups in total. The quantitative estimate of drug-likeness (QED) is 0.847. The van der Waals surface area contributed by atoms with E-state index in [9.17, 15) is 4.79 Å². The Labute approximate surface area is 146 Å². The summed E-state index contributed by atoms with van der Waals surface area (Å²) in [6, 6.07) is 5.94. The zero-order chi connectivity index (χ0) is 16.8. The Morgan fingerprint density at radius 2 is 2.17 bits per heavy atom. The second-order valence-electron chi connectivity index (χ2n) is 5.88. The Kier molecular flexibility index (Phi) is 5.61. The summed E-state index contributed by atoms with van der Waals surface area (Å²) in [7, 11) is 2.14. The maximum absolute atomic E-state index is 12.0. The number of nitrogens with zero attached hydrogens (tertiary/aromatic N) is 3. The van der Waals surface area contributed by atoms with E-state index in [4.69, 9.17) is 0 Å². The molecule has 0 radical (unpaired) electrons. The van der Waals surface area contributed by atoms with Crippen molar-refractivity contribution in [1.82, 2.24) is 15.2 Å². The maximum Gasteiger partial charge on any atom is 0.244 e. The molecule has 1 fully saturated rings. The van der Waals surface area contributed by atoms with Gasteiger partial charge < -0.3 is 15.1 Å². The average molecular weight is 342 g/mol. The number of pyridine rings is 1. The van der Waals surface area contributed by atoms with E-state index < -0.39 is 0 Å². The summed E-state index contributed by atoms with van der Waals surface area (Å²) in [5.41, 5.74) is 2.11. The van der Waals surface area contributed by atoms with E-state index in [2.05, 4.69) is 27.1 Å². The van der Waals surface area contributed by atoms with Crippen LogP contribution >= 0.6 is 11.3 Å². The Balaban J connectivity index is 1.60. The molecule has 1 saturated heterocycles. The van der Waals surface area contributed by atoms with Gasteiger partial charge in [0.25, 0.3) is 0 Å². The number of amides is 1. The van der Waals surface area contributed by atoms with Crippen LogP contribution < -0.4 is 10.2 Å². The number of carbonyl (C=O) groups excluding carboxylic acids is 1. The molecular formula is C18H22N4OS. The van der Waals surface area contributed by atoms with Crippen molar-refractivity contribution in [1.29, 1.82) is 0 Å². The third kappa shape index (κ3) is 4.43. The first-order valence-corrected chi connectivity index (χ1v) is 9.02. The number of aromatic nitrogens is 1. The SMILES string of the molecule is CN1CCN(c2ncccc2CNC(=O)C=Cc2ccsc2)CC1. The molecule has 0 aromatic carbocycles. The van der Waals surface area contributed by atoms with Gasteiger partial charge in [-0.15, -0.1) is 0 Å². The van der Waals surface area contributed by atoms with Crippen LogP contribution in [0.15, 0.2) is 41.2 Å². The van der Waals surface area contributed by atoms with E-state index in [1.54, 1.807) is 17.4 Å². The summed E-state index contributed by atoms with van der Waals surface area (Å²) in [5, 5.41) is 6.96. The minimum atomic E-state index is -0.0885. The second-order valence-corrected chi connectivity index (χ2v) is 6.66. The first-order chi connectivity index (χ1) is 11.7. The highest BCUT2D eigenvalue weighted by Gasteiger charge is 2.17. The average Bonchev–Trinajstić information content (AvgIpc) is 3.13. The van der Waals surface area contributed by atoms with E-state index in [1.807, 2.05) is 41.2 Å². The van der Waals surface area contributed by atoms with Crippen LogP contribution in [0.25, 0.3) is 6.08 Å². The van der Waals surface area contributed by atoms with Crippen LogP contribution in [0.2, 0.25) is 0 Å². The van der Waals surface area contributed by atoms with Crippen molar-refractivity contribution >= 4 is 29.1 Å². The molecule has 0 atom stereocenters. The number of likely N-dealkylation sites (N-methyl/N-ethyl adjacent to an activating group) is 1. The van der Waals surface area contributed by atoms with E-state index in [-0.39, 0.29) is 5.91 Å². The van der Waals surface area contributed by atoms with Crippen molar-refractivity contribution in [3.05, 3.63) is 52.4 Å². The second kappa shape index (κ2) is 8.08. The maximum atomic E-state index is 12.0. The molecule has 3 heterocycles. The molecule has 3 rings (SSSR count). The van der Waals surface area contributed by atoms with Crippen LogP contribution in [0.3, 0.4) is 0 Å². The molecule has 0 spiro atoms. The van der Waals surface area contributed by atoms with E-state index in [1.165, 1.54) is 0 Å². The minimum absolute atomic E-state index is 0.0885. The Morgan fingerprint density at radius 3 is 2.92 bits per heavy atom. The van der Waals surface area contributed by atoms with Crippen molar-refractivity contribution in [2.75, 3.05) is 38.1 Å². The lowest BCUT2D eigenvalue weighted by Crippen LogP contribution is -2.45. The van der Waals surface area contributed by atoms with Gasteiger partial charge in [0.15, 0.2) is 0 Å². The van der Waals surface area contributed by atoms with Crippen molar-refractivity contribution in [3.63, 3.8) is 0 Å². The molecular weight excluding hydrogens is 320 g/mol. The molecule has 2 aromatic heterocycles. The molecule has 0 saturated carbocycles. The third-order valence-electron chi connectivity index (χ3n) is 4.09. The third-order valence-corrected chi connectivity index (χ3v) is 4.80. The summed E-state index contributed by atoms with van der Waals surface area (Å²) in [5.74, 6) is 0.891. The number of nitrogens with one attached hydrogen (secondary N) is 1. The lowest BCUT2D eigenvalue weighted by Gasteiger charge is -2.34. The number of hydrogen-bond acceptors (Lipinski definition) is 5. The fraction of sp³-hybridized carbons (Fsp3) is 0.333. The van der Waals surface area contributed by atoms with Crippen LogP contribution in [0.4, 0.5) is 5.82 Å². The lowest BCUT2D eigenvalue weighted by molar-refractivity contribution is -0.116. The highest BCUT2D eigenvalue weighted by Crippen LogP contribution is 2.18. The Hall–Kier alpha value is -2.18. The normalized spacial score (nSPS) is 15.8. The van der Waals surface area contributed by atoms with Gasteiger partial charge in [-0.2, -0.15) is 11.3 Å². The summed E-state index contributed by atoms with van der Waals surface area (Å²) in [6.07, 6.45) is 5.22. The number of thiophene rings is 1. The molecule has 0 aliphatic carbocycles. The van der Waals surface area contributed by atoms with E-state index >= 15 is 0 Å². The van der Waals surface area contributed by atoms with Gasteiger partial charge >= 0.3 is 0 Å². The molecule has 0 bridgehead atoms. The van der Waals surface area contributed by atoms with Crippen molar-refractivity contribution in [2.24, 2.45) is 0 Å². The predicted molar refractivity (Wildman–Crippen MR) is 99.1 cm³/mol. The van der Waals surface area contributed by atoms with Crippen LogP contribution in [0.1, 0.15) is 11.1 Å². The van der Waals surface area contributed by atoms with Gasteiger partial charge in [0.1, 0.15) is 5.82 Å². The zero-order valence-corrected chi connectivity index (χ0v) is 14.6. The van der Waals surface area contributed by atoms with Crippen LogP contribution in [-0.4, -0.2) is 49.0 Å². The number of hydrogen-bond donors (Lipinski definition) is 1. The summed E-state index contributed by atoms with van der Waals surface area (Å²) in [4.78, 5) is 21.1. The summed E-state index contributed by atoms with van der Waals surface area (Å²) in [6.45, 7) is 4.48. The van der Waals surface area contributed by atoms with Gasteiger partial charge in [-0.25, -0.2) is 4.98 Å². The first-order valence-electron chi connectivity index (χ1n) is 8.08. The smallest absolute Gasteiger partial charge is 0.244 e. The topological polar surface area (TPSA) is 48.5 Å². The summed E-state index contributed by atoms with van der Waals surface area (Å²) >= 11 is 1.62. The van der Waals surface area contributed by atoms with Gasteiger partial charge in [-0.05, 0) is 41.6 Å². The molecule has 1 aliphatic heterocycles. The largest absolute Gasteiger partial charge is 0.354 e. The minimum Gasteiger partial charge on any atom is -0.354 e. The number of carbonyl (C=O) groups is 1. The van der Waals surface area contributed by atoms with Gasteiger partial charge in [0, 0.05) is 50.6 Å². The van der Waals surface area contributed by atoms with Gasteiger partial charge in [0.2, 0.25) is 5.91 Å². The molecule has 24 heavy (non-hydrogen) atoms. The van der Waals surface area contributed by atoms with Crippen molar-refractivity contribution in [3.8, 4) is 0 Å². The highest BCUT2D eigenvalue weighted by molar-refractivity contribution is 7.08. The monoisotopic (exact) mass is 342 g/mol. The lowest BCUT2D eigenvalue weighted by atomic mass is 10.2. The summed E-state index contributed by atoms with van der Waals surface area (Å²) < 4.78 is 0.